The van der Waals surface area contributed by atoms with Gasteiger partial charge in [-0.1, -0.05) is 12.1 Å². The summed E-state index contributed by atoms with van der Waals surface area (Å²) >= 11 is 0. The van der Waals surface area contributed by atoms with Gasteiger partial charge >= 0.3 is 0 Å². The number of aromatic nitrogens is 4. The van der Waals surface area contributed by atoms with E-state index in [9.17, 15) is 9.18 Å². The predicted octanol–water partition coefficient (Wildman–Crippen LogP) is 3.87. The Labute approximate surface area is 167 Å². The number of ether oxygens (including phenoxy) is 1. The van der Waals surface area contributed by atoms with Gasteiger partial charge in [0.15, 0.2) is 17.4 Å². The Morgan fingerprint density at radius 1 is 1.21 bits per heavy atom. The monoisotopic (exact) mass is 393 g/mol. The first-order valence-electron chi connectivity index (χ1n) is 9.47. The smallest absolute Gasteiger partial charge is 0.274 e. The van der Waals surface area contributed by atoms with Crippen molar-refractivity contribution in [3.63, 3.8) is 0 Å². The molecule has 1 unspecified atom stereocenters. The summed E-state index contributed by atoms with van der Waals surface area (Å²) in [6, 6.07) is 7.49. The lowest BCUT2D eigenvalue weighted by Crippen LogP contribution is -2.39. The Bertz CT molecular complexity index is 1010. The van der Waals surface area contributed by atoms with Crippen LogP contribution in [0.15, 0.2) is 48.9 Å². The Balaban J connectivity index is 1.64. The minimum absolute atomic E-state index is 0.0905. The number of amides is 1. The van der Waals surface area contributed by atoms with Crippen molar-refractivity contribution in [3.8, 4) is 11.6 Å². The fraction of sp³-hybridized carbons (Fsp3) is 0.286. The van der Waals surface area contributed by atoms with Crippen molar-refractivity contribution in [3.05, 3.63) is 72.0 Å². The van der Waals surface area contributed by atoms with Crippen LogP contribution in [0.1, 0.15) is 47.3 Å². The molecule has 0 radical (unpaired) electrons. The first-order valence-corrected chi connectivity index (χ1v) is 9.47. The topological polar surface area (TPSA) is 81.1 Å². The molecule has 2 aromatic heterocycles. The molecule has 1 fully saturated rings. The van der Waals surface area contributed by atoms with E-state index in [1.165, 1.54) is 30.7 Å². The van der Waals surface area contributed by atoms with E-state index >= 15 is 0 Å². The van der Waals surface area contributed by atoms with E-state index < -0.39 is 5.82 Å². The largest absolute Gasteiger partial charge is 0.436 e. The summed E-state index contributed by atoms with van der Waals surface area (Å²) in [6.45, 7) is 2.40. The van der Waals surface area contributed by atoms with Gasteiger partial charge in [-0.2, -0.15) is 4.98 Å². The first kappa shape index (κ1) is 18.9. The second-order valence-electron chi connectivity index (χ2n) is 6.84. The summed E-state index contributed by atoms with van der Waals surface area (Å²) in [4.78, 5) is 31.8. The first-order chi connectivity index (χ1) is 14.1. The van der Waals surface area contributed by atoms with Gasteiger partial charge in [0.05, 0.1) is 12.2 Å². The molecule has 0 aliphatic carbocycles. The number of rotatable bonds is 4. The zero-order chi connectivity index (χ0) is 20.2. The number of likely N-dealkylation sites (tertiary alicyclic amines) is 1. The molecule has 1 atom stereocenters. The highest BCUT2D eigenvalue weighted by atomic mass is 19.1. The van der Waals surface area contributed by atoms with Crippen molar-refractivity contribution in [1.82, 2.24) is 24.8 Å². The Morgan fingerprint density at radius 2 is 2.07 bits per heavy atom. The number of hydrogen-bond donors (Lipinski definition) is 0. The third-order valence-electron chi connectivity index (χ3n) is 4.74. The number of piperidine rings is 1. The zero-order valence-corrected chi connectivity index (χ0v) is 16.0. The predicted molar refractivity (Wildman–Crippen MR) is 103 cm³/mol. The van der Waals surface area contributed by atoms with Gasteiger partial charge in [0.25, 0.3) is 5.91 Å². The van der Waals surface area contributed by atoms with Crippen LogP contribution in [0.5, 0.6) is 11.6 Å². The van der Waals surface area contributed by atoms with Crippen LogP contribution in [0, 0.1) is 12.7 Å². The maximum Gasteiger partial charge on any atom is 0.274 e. The molecule has 1 saturated heterocycles. The standard InChI is InChI=1S/C21H20FN5O2/c1-14-12-19(29-18-8-3-2-6-15(18)22)26-20(25-14)17-7-4-5-11-27(17)21(28)16-13-23-9-10-24-16/h2-3,6,8-10,12-13,17H,4-5,7,11H2,1H3. The van der Waals surface area contributed by atoms with Crippen LogP contribution in [-0.4, -0.2) is 37.3 Å². The number of aryl methyl sites for hydroxylation is 1. The Kier molecular flexibility index (Phi) is 5.41. The van der Waals surface area contributed by atoms with Crippen LogP contribution in [0.4, 0.5) is 4.39 Å². The molecule has 1 aliphatic rings. The van der Waals surface area contributed by atoms with Crippen LogP contribution in [0.3, 0.4) is 0 Å². The lowest BCUT2D eigenvalue weighted by molar-refractivity contribution is 0.0592. The molecule has 1 aromatic carbocycles. The van der Waals surface area contributed by atoms with Gasteiger partial charge in [-0.3, -0.25) is 9.78 Å². The number of para-hydroxylation sites is 1. The summed E-state index contributed by atoms with van der Waals surface area (Å²) in [5.41, 5.74) is 0.966. The van der Waals surface area contributed by atoms with E-state index in [2.05, 4.69) is 19.9 Å². The van der Waals surface area contributed by atoms with Gasteiger partial charge < -0.3 is 9.64 Å². The third-order valence-corrected chi connectivity index (χ3v) is 4.74. The maximum atomic E-state index is 14.0. The van der Waals surface area contributed by atoms with Gasteiger partial charge in [0, 0.05) is 30.7 Å². The van der Waals surface area contributed by atoms with Crippen molar-refractivity contribution in [1.29, 1.82) is 0 Å². The van der Waals surface area contributed by atoms with Gasteiger partial charge in [-0.15, -0.1) is 0 Å². The average Bonchev–Trinajstić information content (AvgIpc) is 2.75. The highest BCUT2D eigenvalue weighted by Crippen LogP contribution is 2.32. The zero-order valence-electron chi connectivity index (χ0n) is 16.0. The van der Waals surface area contributed by atoms with Crippen LogP contribution in [0.2, 0.25) is 0 Å². The number of carbonyl (C=O) groups is 1. The molecule has 148 valence electrons. The lowest BCUT2D eigenvalue weighted by Gasteiger charge is -2.34. The summed E-state index contributed by atoms with van der Waals surface area (Å²) in [5.74, 6) is 0.142. The Hall–Kier alpha value is -3.42. The molecule has 0 saturated carbocycles. The molecular formula is C21H20FN5O2. The van der Waals surface area contributed by atoms with E-state index in [1.807, 2.05) is 6.92 Å². The quantitative estimate of drug-likeness (QED) is 0.669. The third kappa shape index (κ3) is 4.21. The van der Waals surface area contributed by atoms with Crippen molar-refractivity contribution in [2.24, 2.45) is 0 Å². The minimum Gasteiger partial charge on any atom is -0.436 e. The fourth-order valence-electron chi connectivity index (χ4n) is 3.40. The van der Waals surface area contributed by atoms with E-state index in [4.69, 9.17) is 4.74 Å². The second-order valence-corrected chi connectivity index (χ2v) is 6.84. The van der Waals surface area contributed by atoms with Crippen molar-refractivity contribution in [2.75, 3.05) is 6.54 Å². The van der Waals surface area contributed by atoms with Crippen molar-refractivity contribution < 1.29 is 13.9 Å². The van der Waals surface area contributed by atoms with Gasteiger partial charge in [0.1, 0.15) is 5.69 Å². The average molecular weight is 393 g/mol. The molecule has 7 nitrogen and oxygen atoms in total. The van der Waals surface area contributed by atoms with E-state index in [0.29, 0.717) is 18.1 Å². The highest BCUT2D eigenvalue weighted by molar-refractivity contribution is 5.92. The molecule has 0 spiro atoms. The summed E-state index contributed by atoms with van der Waals surface area (Å²) in [7, 11) is 0. The molecule has 3 aromatic rings. The highest BCUT2D eigenvalue weighted by Gasteiger charge is 2.32. The van der Waals surface area contributed by atoms with Crippen LogP contribution < -0.4 is 4.74 Å². The molecule has 0 N–H and O–H groups in total. The lowest BCUT2D eigenvalue weighted by atomic mass is 10.0. The van der Waals surface area contributed by atoms with Crippen LogP contribution in [0.25, 0.3) is 0 Å². The maximum absolute atomic E-state index is 14.0. The van der Waals surface area contributed by atoms with E-state index in [0.717, 1.165) is 19.3 Å². The number of halogens is 1. The van der Waals surface area contributed by atoms with Crippen LogP contribution >= 0.6 is 0 Å². The van der Waals surface area contributed by atoms with E-state index in [1.54, 1.807) is 23.1 Å². The van der Waals surface area contributed by atoms with E-state index in [-0.39, 0.29) is 29.3 Å². The summed E-state index contributed by atoms with van der Waals surface area (Å²) in [6.07, 6.45) is 7.06. The SMILES string of the molecule is Cc1cc(Oc2ccccc2F)nc(C2CCCCN2C(=O)c2cnccn2)n1. The summed E-state index contributed by atoms with van der Waals surface area (Å²) < 4.78 is 19.6. The fourth-order valence-corrected chi connectivity index (χ4v) is 3.40. The summed E-state index contributed by atoms with van der Waals surface area (Å²) in [5, 5.41) is 0. The Morgan fingerprint density at radius 3 is 2.86 bits per heavy atom. The van der Waals surface area contributed by atoms with Crippen LogP contribution in [-0.2, 0) is 0 Å². The number of hydrogen-bond acceptors (Lipinski definition) is 6. The normalized spacial score (nSPS) is 16.5. The van der Waals surface area contributed by atoms with Crippen molar-refractivity contribution in [2.45, 2.75) is 32.2 Å². The number of carbonyl (C=O) groups excluding carboxylic acids is 1. The molecular weight excluding hydrogens is 373 g/mol. The molecule has 1 aliphatic heterocycles. The molecule has 29 heavy (non-hydrogen) atoms. The minimum atomic E-state index is -0.470. The van der Waals surface area contributed by atoms with Gasteiger partial charge in [-0.25, -0.2) is 14.4 Å². The molecule has 0 bridgehead atoms. The second kappa shape index (κ2) is 8.30. The van der Waals surface area contributed by atoms with Gasteiger partial charge in [0.2, 0.25) is 5.88 Å². The molecule has 1 amide bonds. The molecule has 3 heterocycles. The number of nitrogens with zero attached hydrogens (tertiary/aromatic N) is 5. The van der Waals surface area contributed by atoms with Crippen molar-refractivity contribution >= 4 is 5.91 Å². The number of benzene rings is 1. The molecule has 8 heteroatoms. The molecule has 4 rings (SSSR count). The van der Waals surface area contributed by atoms with Gasteiger partial charge in [-0.05, 0) is 38.3 Å².